The summed E-state index contributed by atoms with van der Waals surface area (Å²) in [6.07, 6.45) is -0.0995. The zero-order valence-corrected chi connectivity index (χ0v) is 25.9. The lowest BCUT2D eigenvalue weighted by Gasteiger charge is -2.24. The average molecular weight is 674 g/mol. The highest BCUT2D eigenvalue weighted by Gasteiger charge is 2.44. The Labute approximate surface area is 278 Å². The van der Waals surface area contributed by atoms with E-state index in [0.717, 1.165) is 11.0 Å². The predicted octanol–water partition coefficient (Wildman–Crippen LogP) is 5.18. The van der Waals surface area contributed by atoms with Crippen molar-refractivity contribution in [1.82, 2.24) is 4.90 Å². The van der Waals surface area contributed by atoms with Crippen molar-refractivity contribution >= 4 is 70.1 Å². The molecule has 0 saturated heterocycles. The lowest BCUT2D eigenvalue weighted by atomic mass is 10.0. The Balaban J connectivity index is 1.28. The number of fused-ring (bicyclic) bond motifs is 1. The molecule has 0 saturated carbocycles. The lowest BCUT2D eigenvalue weighted by Crippen LogP contribution is -2.47. The Morgan fingerprint density at radius 2 is 1.23 bits per heavy atom. The number of halogens is 2. The van der Waals surface area contributed by atoms with Gasteiger partial charge in [0, 0.05) is 27.8 Å². The van der Waals surface area contributed by atoms with Crippen LogP contribution in [0.2, 0.25) is 10.0 Å². The van der Waals surface area contributed by atoms with Crippen molar-refractivity contribution in [2.75, 3.05) is 23.8 Å². The number of rotatable bonds is 11. The molecule has 1 heterocycles. The van der Waals surface area contributed by atoms with Crippen LogP contribution >= 0.6 is 23.2 Å². The van der Waals surface area contributed by atoms with Gasteiger partial charge >= 0.3 is 11.9 Å². The van der Waals surface area contributed by atoms with E-state index in [0.29, 0.717) is 27.0 Å². The van der Waals surface area contributed by atoms with Gasteiger partial charge in [-0.1, -0.05) is 65.7 Å². The summed E-state index contributed by atoms with van der Waals surface area (Å²) in [5.74, 6) is -4.83. The lowest BCUT2D eigenvalue weighted by molar-refractivity contribution is -0.151. The number of hydrogen-bond donors (Lipinski definition) is 2. The number of carbonyl (C=O) groups is 6. The second-order valence-corrected chi connectivity index (χ2v) is 11.1. The number of ether oxygens (including phenoxy) is 2. The van der Waals surface area contributed by atoms with Crippen molar-refractivity contribution < 1.29 is 38.2 Å². The van der Waals surface area contributed by atoms with Gasteiger partial charge in [0.15, 0.2) is 13.2 Å². The van der Waals surface area contributed by atoms with Crippen LogP contribution in [0.15, 0.2) is 97.1 Å². The third kappa shape index (κ3) is 8.20. The minimum atomic E-state index is -1.44. The average Bonchev–Trinajstić information content (AvgIpc) is 3.30. The molecule has 238 valence electrons. The zero-order valence-electron chi connectivity index (χ0n) is 24.4. The fourth-order valence-corrected chi connectivity index (χ4v) is 5.14. The smallest absolute Gasteiger partial charge is 0.338 e. The van der Waals surface area contributed by atoms with Crippen LogP contribution in [0.25, 0.3) is 0 Å². The molecule has 0 aromatic heterocycles. The monoisotopic (exact) mass is 673 g/mol. The second-order valence-electron chi connectivity index (χ2n) is 10.2. The fourth-order valence-electron chi connectivity index (χ4n) is 4.76. The minimum Gasteiger partial charge on any atom is -0.454 e. The van der Waals surface area contributed by atoms with Crippen LogP contribution in [0.1, 0.15) is 36.6 Å². The molecule has 13 heteroatoms. The van der Waals surface area contributed by atoms with E-state index in [1.54, 1.807) is 66.7 Å². The molecule has 0 bridgehead atoms. The third-order valence-electron chi connectivity index (χ3n) is 6.91. The SMILES string of the molecule is O=C(COC(=O)c1ccc2c(c1)C(=O)N(C(Cc1ccccc1)C(=O)OCC(=O)Nc1cccc(Cl)c1)C2=O)Nc1cccc(Cl)c1. The molecule has 5 rings (SSSR count). The van der Waals surface area contributed by atoms with Gasteiger partial charge in [-0.05, 0) is 60.2 Å². The second kappa shape index (κ2) is 14.7. The van der Waals surface area contributed by atoms with Gasteiger partial charge in [0.05, 0.1) is 16.7 Å². The first kappa shape index (κ1) is 32.9. The Morgan fingerprint density at radius 3 is 1.83 bits per heavy atom. The number of nitrogens with one attached hydrogen (secondary N) is 2. The van der Waals surface area contributed by atoms with Crippen molar-refractivity contribution in [3.63, 3.8) is 0 Å². The number of anilines is 2. The van der Waals surface area contributed by atoms with E-state index in [-0.39, 0.29) is 23.1 Å². The maximum atomic E-state index is 13.6. The van der Waals surface area contributed by atoms with Crippen LogP contribution in [0.3, 0.4) is 0 Å². The maximum absolute atomic E-state index is 13.6. The van der Waals surface area contributed by atoms with E-state index >= 15 is 0 Å². The predicted molar refractivity (Wildman–Crippen MR) is 172 cm³/mol. The summed E-state index contributed by atoms with van der Waals surface area (Å²) in [6, 6.07) is 23.7. The van der Waals surface area contributed by atoms with Crippen molar-refractivity contribution in [3.8, 4) is 0 Å². The third-order valence-corrected chi connectivity index (χ3v) is 7.38. The number of nitrogens with zero attached hydrogens (tertiary/aromatic N) is 1. The standard InChI is InChI=1S/C34H25Cl2N3O8/c35-22-8-4-10-24(16-22)37-29(40)18-46-33(44)21-12-13-26-27(15-21)32(43)39(31(26)42)28(14-20-6-2-1-3-7-20)34(45)47-19-30(41)38-25-11-5-9-23(36)17-25/h1-13,15-17,28H,14,18-19H2,(H,37,40)(H,38,41). The molecule has 0 radical (unpaired) electrons. The molecule has 4 aromatic rings. The Kier molecular flexibility index (Phi) is 10.3. The quantitative estimate of drug-likeness (QED) is 0.164. The molecule has 1 unspecified atom stereocenters. The highest BCUT2D eigenvalue weighted by Crippen LogP contribution is 2.28. The molecule has 4 amide bonds. The van der Waals surface area contributed by atoms with Gasteiger partial charge in [0.1, 0.15) is 6.04 Å². The van der Waals surface area contributed by atoms with E-state index in [1.807, 2.05) is 0 Å². The Bertz CT molecular complexity index is 1880. The molecule has 0 fully saturated rings. The van der Waals surface area contributed by atoms with Crippen LogP contribution in [0.5, 0.6) is 0 Å². The Hall–Kier alpha value is -5.52. The molecule has 0 aliphatic carbocycles. The molecular weight excluding hydrogens is 649 g/mol. The summed E-state index contributed by atoms with van der Waals surface area (Å²) in [7, 11) is 0. The molecular formula is C34H25Cl2N3O8. The summed E-state index contributed by atoms with van der Waals surface area (Å²) >= 11 is 11.9. The molecule has 1 aliphatic heterocycles. The maximum Gasteiger partial charge on any atom is 0.338 e. The van der Waals surface area contributed by atoms with Crippen LogP contribution in [-0.2, 0) is 30.3 Å². The molecule has 1 aliphatic rings. The van der Waals surface area contributed by atoms with Crippen molar-refractivity contribution in [2.45, 2.75) is 12.5 Å². The number of amides is 4. The summed E-state index contributed by atoms with van der Waals surface area (Å²) in [6.45, 7) is -1.32. The molecule has 11 nitrogen and oxygen atoms in total. The Morgan fingerprint density at radius 1 is 0.660 bits per heavy atom. The van der Waals surface area contributed by atoms with Crippen LogP contribution in [-0.4, -0.2) is 59.7 Å². The number of esters is 2. The van der Waals surface area contributed by atoms with E-state index in [2.05, 4.69) is 10.6 Å². The fraction of sp³-hybridized carbons (Fsp3) is 0.118. The highest BCUT2D eigenvalue weighted by atomic mass is 35.5. The number of benzene rings is 4. The number of imide groups is 1. The molecule has 1 atom stereocenters. The first-order valence-electron chi connectivity index (χ1n) is 14.1. The summed E-state index contributed by atoms with van der Waals surface area (Å²) < 4.78 is 10.4. The minimum absolute atomic E-state index is 0.0465. The normalized spacial score (nSPS) is 12.6. The van der Waals surface area contributed by atoms with E-state index in [9.17, 15) is 28.8 Å². The molecule has 0 spiro atoms. The van der Waals surface area contributed by atoms with Crippen molar-refractivity contribution in [1.29, 1.82) is 0 Å². The zero-order chi connectivity index (χ0) is 33.5. The van der Waals surface area contributed by atoms with Crippen LogP contribution in [0.4, 0.5) is 11.4 Å². The largest absolute Gasteiger partial charge is 0.454 e. The first-order valence-corrected chi connectivity index (χ1v) is 14.8. The van der Waals surface area contributed by atoms with Gasteiger partial charge in [-0.2, -0.15) is 0 Å². The summed E-state index contributed by atoms with van der Waals surface area (Å²) in [4.78, 5) is 78.7. The molecule has 47 heavy (non-hydrogen) atoms. The first-order chi connectivity index (χ1) is 22.6. The number of hydrogen-bond acceptors (Lipinski definition) is 8. The van der Waals surface area contributed by atoms with E-state index < -0.39 is 54.8 Å². The summed E-state index contributed by atoms with van der Waals surface area (Å²) in [5, 5.41) is 5.90. The summed E-state index contributed by atoms with van der Waals surface area (Å²) in [5.41, 5.74) is 1.13. The van der Waals surface area contributed by atoms with Gasteiger partial charge in [0.25, 0.3) is 23.6 Å². The van der Waals surface area contributed by atoms with Gasteiger partial charge in [-0.25, -0.2) is 9.59 Å². The van der Waals surface area contributed by atoms with Gasteiger partial charge < -0.3 is 20.1 Å². The molecule has 2 N–H and O–H groups in total. The highest BCUT2D eigenvalue weighted by molar-refractivity contribution is 6.31. The van der Waals surface area contributed by atoms with Gasteiger partial charge in [-0.3, -0.25) is 24.1 Å². The topological polar surface area (TPSA) is 148 Å². The van der Waals surface area contributed by atoms with E-state index in [1.165, 1.54) is 24.3 Å². The van der Waals surface area contributed by atoms with Crippen molar-refractivity contribution in [3.05, 3.63) is 129 Å². The molecule has 4 aromatic carbocycles. The van der Waals surface area contributed by atoms with E-state index in [4.69, 9.17) is 32.7 Å². The van der Waals surface area contributed by atoms with Crippen LogP contribution < -0.4 is 10.6 Å². The van der Waals surface area contributed by atoms with Crippen LogP contribution in [0, 0.1) is 0 Å². The van der Waals surface area contributed by atoms with Gasteiger partial charge in [0.2, 0.25) is 0 Å². The van der Waals surface area contributed by atoms with Gasteiger partial charge in [-0.15, -0.1) is 0 Å². The number of carbonyl (C=O) groups excluding carboxylic acids is 6. The van der Waals surface area contributed by atoms with Crippen molar-refractivity contribution in [2.24, 2.45) is 0 Å².